The average molecular weight is 366 g/mol. The summed E-state index contributed by atoms with van der Waals surface area (Å²) in [6, 6.07) is 15.0. The van der Waals surface area contributed by atoms with Gasteiger partial charge in [0.2, 0.25) is 5.91 Å². The van der Waals surface area contributed by atoms with Gasteiger partial charge in [0.25, 0.3) is 5.91 Å². The molecule has 1 aliphatic heterocycles. The first-order valence-electron chi connectivity index (χ1n) is 9.50. The molecule has 0 radical (unpaired) electrons. The molecule has 0 atom stereocenters. The van der Waals surface area contributed by atoms with Crippen LogP contribution < -0.4 is 10.1 Å². The van der Waals surface area contributed by atoms with Crippen LogP contribution in [0.4, 0.5) is 5.69 Å². The van der Waals surface area contributed by atoms with Crippen LogP contribution in [0.25, 0.3) is 0 Å². The molecule has 1 heterocycles. The molecule has 27 heavy (non-hydrogen) atoms. The predicted molar refractivity (Wildman–Crippen MR) is 106 cm³/mol. The smallest absolute Gasteiger partial charge is 0.253 e. The van der Waals surface area contributed by atoms with Crippen molar-refractivity contribution in [2.45, 2.75) is 32.6 Å². The number of aryl methyl sites for hydroxylation is 1. The van der Waals surface area contributed by atoms with E-state index in [1.807, 2.05) is 36.1 Å². The molecule has 2 aromatic rings. The van der Waals surface area contributed by atoms with Crippen LogP contribution in [0.2, 0.25) is 0 Å². The van der Waals surface area contributed by atoms with E-state index in [4.69, 9.17) is 4.74 Å². The van der Waals surface area contributed by atoms with Crippen LogP contribution in [0.15, 0.2) is 48.5 Å². The molecule has 5 nitrogen and oxygen atoms in total. The summed E-state index contributed by atoms with van der Waals surface area (Å²) in [7, 11) is 0. The third-order valence-electron chi connectivity index (χ3n) is 4.65. The summed E-state index contributed by atoms with van der Waals surface area (Å²) in [4.78, 5) is 26.2. The van der Waals surface area contributed by atoms with E-state index < -0.39 is 0 Å². The lowest BCUT2D eigenvalue weighted by Crippen LogP contribution is -2.27. The first-order chi connectivity index (χ1) is 13.1. The van der Waals surface area contributed by atoms with E-state index in [0.29, 0.717) is 30.7 Å². The summed E-state index contributed by atoms with van der Waals surface area (Å²) < 4.78 is 5.63. The van der Waals surface area contributed by atoms with Gasteiger partial charge in [0.05, 0.1) is 6.61 Å². The number of nitrogens with zero attached hydrogens (tertiary/aromatic N) is 1. The number of anilines is 1. The Bertz CT molecular complexity index is 763. The van der Waals surface area contributed by atoms with Crippen LogP contribution in [0.1, 0.15) is 41.6 Å². The molecule has 0 bridgehead atoms. The molecule has 1 fully saturated rings. The van der Waals surface area contributed by atoms with E-state index in [9.17, 15) is 9.59 Å². The van der Waals surface area contributed by atoms with E-state index in [-0.39, 0.29) is 11.8 Å². The molecule has 2 amide bonds. The van der Waals surface area contributed by atoms with E-state index in [1.165, 1.54) is 5.56 Å². The molecule has 2 aromatic carbocycles. The van der Waals surface area contributed by atoms with Gasteiger partial charge in [-0.1, -0.05) is 17.7 Å². The Hall–Kier alpha value is -2.82. The number of carbonyl (C=O) groups excluding carboxylic acids is 2. The van der Waals surface area contributed by atoms with Gasteiger partial charge < -0.3 is 15.0 Å². The summed E-state index contributed by atoms with van der Waals surface area (Å²) >= 11 is 0. The topological polar surface area (TPSA) is 58.6 Å². The maximum Gasteiger partial charge on any atom is 0.253 e. The van der Waals surface area contributed by atoms with Gasteiger partial charge in [-0.15, -0.1) is 0 Å². The van der Waals surface area contributed by atoms with Crippen molar-refractivity contribution in [1.82, 2.24) is 4.90 Å². The Morgan fingerprint density at radius 3 is 2.33 bits per heavy atom. The fourth-order valence-corrected chi connectivity index (χ4v) is 3.08. The first kappa shape index (κ1) is 19.0. The van der Waals surface area contributed by atoms with Gasteiger partial charge in [-0.3, -0.25) is 9.59 Å². The minimum absolute atomic E-state index is 0.0545. The van der Waals surface area contributed by atoms with Crippen LogP contribution >= 0.6 is 0 Å². The molecule has 1 N–H and O–H groups in total. The molecular formula is C22H26N2O3. The second kappa shape index (κ2) is 9.21. The van der Waals surface area contributed by atoms with Gasteiger partial charge in [-0.25, -0.2) is 0 Å². The minimum atomic E-state index is -0.0545. The van der Waals surface area contributed by atoms with Crippen molar-refractivity contribution in [3.8, 4) is 5.75 Å². The number of hydrogen-bond acceptors (Lipinski definition) is 3. The molecular weight excluding hydrogens is 340 g/mol. The van der Waals surface area contributed by atoms with E-state index in [2.05, 4.69) is 5.32 Å². The molecule has 1 aliphatic rings. The van der Waals surface area contributed by atoms with Crippen molar-refractivity contribution in [2.75, 3.05) is 25.0 Å². The van der Waals surface area contributed by atoms with Gasteiger partial charge in [-0.2, -0.15) is 0 Å². The van der Waals surface area contributed by atoms with Gasteiger partial charge >= 0.3 is 0 Å². The molecule has 0 aromatic heterocycles. The molecule has 0 aliphatic carbocycles. The zero-order chi connectivity index (χ0) is 19.1. The van der Waals surface area contributed by atoms with Crippen molar-refractivity contribution in [2.24, 2.45) is 0 Å². The fourth-order valence-electron chi connectivity index (χ4n) is 3.08. The van der Waals surface area contributed by atoms with Crippen molar-refractivity contribution in [1.29, 1.82) is 0 Å². The van der Waals surface area contributed by atoms with E-state index in [1.54, 1.807) is 24.3 Å². The lowest BCUT2D eigenvalue weighted by Gasteiger charge is -2.15. The zero-order valence-corrected chi connectivity index (χ0v) is 15.7. The number of amides is 2. The molecule has 0 spiro atoms. The lowest BCUT2D eigenvalue weighted by atomic mass is 10.2. The highest BCUT2D eigenvalue weighted by Gasteiger charge is 2.19. The van der Waals surface area contributed by atoms with E-state index >= 15 is 0 Å². The van der Waals surface area contributed by atoms with Gasteiger partial charge in [0.1, 0.15) is 5.75 Å². The summed E-state index contributed by atoms with van der Waals surface area (Å²) in [5, 5.41) is 2.86. The third-order valence-corrected chi connectivity index (χ3v) is 4.65. The Kier molecular flexibility index (Phi) is 6.47. The molecule has 3 rings (SSSR count). The molecule has 5 heteroatoms. The Morgan fingerprint density at radius 1 is 1.00 bits per heavy atom. The average Bonchev–Trinajstić information content (AvgIpc) is 3.21. The third kappa shape index (κ3) is 5.58. The van der Waals surface area contributed by atoms with Crippen LogP contribution in [0, 0.1) is 6.92 Å². The number of nitrogens with one attached hydrogen (secondary N) is 1. The van der Waals surface area contributed by atoms with Crippen LogP contribution in [-0.2, 0) is 4.79 Å². The zero-order valence-electron chi connectivity index (χ0n) is 15.7. The highest BCUT2D eigenvalue weighted by molar-refractivity contribution is 5.96. The van der Waals surface area contributed by atoms with Gasteiger partial charge in [-0.05, 0) is 62.6 Å². The van der Waals surface area contributed by atoms with E-state index in [0.717, 1.165) is 31.7 Å². The molecule has 0 saturated carbocycles. The predicted octanol–water partition coefficient (Wildman–Crippen LogP) is 4.03. The summed E-state index contributed by atoms with van der Waals surface area (Å²) in [5.74, 6) is 0.832. The number of rotatable bonds is 7. The second-order valence-corrected chi connectivity index (χ2v) is 6.89. The first-order valence-corrected chi connectivity index (χ1v) is 9.50. The Morgan fingerprint density at radius 2 is 1.67 bits per heavy atom. The Balaban J connectivity index is 1.39. The van der Waals surface area contributed by atoms with Crippen LogP contribution in [0.5, 0.6) is 5.75 Å². The quantitative estimate of drug-likeness (QED) is 0.753. The number of benzene rings is 2. The van der Waals surface area contributed by atoms with Crippen molar-refractivity contribution < 1.29 is 14.3 Å². The van der Waals surface area contributed by atoms with Crippen molar-refractivity contribution in [3.05, 3.63) is 59.7 Å². The SMILES string of the molecule is Cc1ccc(OCCCC(=O)Nc2ccc(C(=O)N3CCCC3)cc2)cc1. The van der Waals surface area contributed by atoms with Crippen LogP contribution in [0.3, 0.4) is 0 Å². The second-order valence-electron chi connectivity index (χ2n) is 6.89. The highest BCUT2D eigenvalue weighted by atomic mass is 16.5. The number of hydrogen-bond donors (Lipinski definition) is 1. The fraction of sp³-hybridized carbons (Fsp3) is 0.364. The van der Waals surface area contributed by atoms with Gasteiger partial charge in [0.15, 0.2) is 0 Å². The maximum absolute atomic E-state index is 12.3. The number of ether oxygens (including phenoxy) is 1. The molecule has 142 valence electrons. The summed E-state index contributed by atoms with van der Waals surface area (Å²) in [6.07, 6.45) is 3.19. The minimum Gasteiger partial charge on any atom is -0.494 e. The summed E-state index contributed by atoms with van der Waals surface area (Å²) in [5.41, 5.74) is 2.56. The highest BCUT2D eigenvalue weighted by Crippen LogP contribution is 2.16. The Labute approximate surface area is 160 Å². The molecule has 0 unspecified atom stereocenters. The summed E-state index contributed by atoms with van der Waals surface area (Å²) in [6.45, 7) is 4.20. The van der Waals surface area contributed by atoms with Crippen molar-refractivity contribution >= 4 is 17.5 Å². The van der Waals surface area contributed by atoms with Crippen molar-refractivity contribution in [3.63, 3.8) is 0 Å². The number of likely N-dealkylation sites (tertiary alicyclic amines) is 1. The number of carbonyl (C=O) groups is 2. The van der Waals surface area contributed by atoms with Crippen LogP contribution in [-0.4, -0.2) is 36.4 Å². The maximum atomic E-state index is 12.3. The standard InChI is InChI=1S/C22H26N2O3/c1-17-6-12-20(13-7-17)27-16-4-5-21(25)23-19-10-8-18(9-11-19)22(26)24-14-2-3-15-24/h6-13H,2-5,14-16H2,1H3,(H,23,25). The van der Waals surface area contributed by atoms with Gasteiger partial charge in [0, 0.05) is 30.8 Å². The molecule has 1 saturated heterocycles. The normalized spacial score (nSPS) is 13.4. The monoisotopic (exact) mass is 366 g/mol. The largest absolute Gasteiger partial charge is 0.494 e. The lowest BCUT2D eigenvalue weighted by molar-refractivity contribution is -0.116.